The van der Waals surface area contributed by atoms with Crippen LogP contribution in [0.5, 0.6) is 0 Å². The van der Waals surface area contributed by atoms with Crippen LogP contribution in [0.3, 0.4) is 0 Å². The largest absolute Gasteiger partial charge is 0.456 e. The topological polar surface area (TPSA) is 24.0 Å². The van der Waals surface area contributed by atoms with Crippen molar-refractivity contribution in [3.63, 3.8) is 0 Å². The van der Waals surface area contributed by atoms with Gasteiger partial charge < -0.3 is 18.6 Å². The normalized spacial score (nSPS) is 12.3. The summed E-state index contributed by atoms with van der Waals surface area (Å²) in [5.41, 5.74) is 13.4. The maximum absolute atomic E-state index is 6.96. The summed E-state index contributed by atoms with van der Waals surface area (Å²) < 4.78 is 9.47. The predicted octanol–water partition coefficient (Wildman–Crippen LogP) is 17.3. The van der Waals surface area contributed by atoms with Crippen LogP contribution in [0.4, 0.5) is 34.1 Å². The second-order valence-electron chi connectivity index (χ2n) is 18.2. The molecule has 0 saturated carbocycles. The minimum atomic E-state index is -0.0113. The number of anilines is 6. The highest BCUT2D eigenvalue weighted by molar-refractivity contribution is 6.29. The minimum Gasteiger partial charge on any atom is -0.456 e. The van der Waals surface area contributed by atoms with Gasteiger partial charge in [-0.2, -0.15) is 0 Å². The predicted molar refractivity (Wildman–Crippen MR) is 271 cm³/mol. The second-order valence-corrected chi connectivity index (χ2v) is 18.2. The van der Waals surface area contributed by atoms with Gasteiger partial charge in [-0.15, -0.1) is 0 Å². The van der Waals surface area contributed by atoms with Gasteiger partial charge in [0.05, 0.1) is 27.9 Å². The summed E-state index contributed by atoms with van der Waals surface area (Å²) in [6, 6.07) is 74.9. The quantitative estimate of drug-likeness (QED) is 0.167. The molecule has 10 aromatic carbocycles. The van der Waals surface area contributed by atoms with E-state index in [1.54, 1.807) is 0 Å². The van der Waals surface area contributed by atoms with E-state index in [0.717, 1.165) is 61.4 Å². The van der Waals surface area contributed by atoms with Crippen LogP contribution < -0.4 is 9.80 Å². The SMILES string of the molecule is CC(C)(C)c1ccc2c(c1)c1c(N(c3ccccc3)c3ccccc3)ccc3c4cc5cc6c(cc5cc4n2c31)oc1cc(N(c2ccccc2)c2ccccc2)c2ccccc2c16. The van der Waals surface area contributed by atoms with E-state index >= 15 is 0 Å². The average molecular weight is 822 g/mol. The van der Waals surface area contributed by atoms with Gasteiger partial charge in [-0.25, -0.2) is 0 Å². The van der Waals surface area contributed by atoms with Crippen LogP contribution in [-0.2, 0) is 5.41 Å². The lowest BCUT2D eigenvalue weighted by atomic mass is 9.86. The van der Waals surface area contributed by atoms with Gasteiger partial charge in [0.25, 0.3) is 0 Å². The first-order valence-corrected chi connectivity index (χ1v) is 22.2. The number of furan rings is 1. The molecule has 13 aromatic rings. The molecule has 0 unspecified atom stereocenters. The third kappa shape index (κ3) is 5.42. The fourth-order valence-electron chi connectivity index (χ4n) is 10.4. The van der Waals surface area contributed by atoms with E-state index in [4.69, 9.17) is 4.42 Å². The Labute approximate surface area is 370 Å². The van der Waals surface area contributed by atoms with E-state index in [1.807, 2.05) is 0 Å². The van der Waals surface area contributed by atoms with Crippen LogP contribution >= 0.6 is 0 Å². The van der Waals surface area contributed by atoms with Gasteiger partial charge in [0.2, 0.25) is 0 Å². The first-order chi connectivity index (χ1) is 31.4. The van der Waals surface area contributed by atoms with Crippen molar-refractivity contribution < 1.29 is 4.42 Å². The number of rotatable bonds is 6. The van der Waals surface area contributed by atoms with Gasteiger partial charge in [-0.3, -0.25) is 0 Å². The van der Waals surface area contributed by atoms with Gasteiger partial charge in [0.1, 0.15) is 11.2 Å². The van der Waals surface area contributed by atoms with Crippen molar-refractivity contribution in [2.24, 2.45) is 0 Å². The summed E-state index contributed by atoms with van der Waals surface area (Å²) >= 11 is 0. The molecule has 3 aromatic heterocycles. The first-order valence-electron chi connectivity index (χ1n) is 22.2. The lowest BCUT2D eigenvalue weighted by Gasteiger charge is -2.26. The molecule has 4 heteroatoms. The van der Waals surface area contributed by atoms with Crippen LogP contribution in [0.15, 0.2) is 211 Å². The zero-order valence-electron chi connectivity index (χ0n) is 35.9. The van der Waals surface area contributed by atoms with E-state index in [9.17, 15) is 0 Å². The molecule has 0 radical (unpaired) electrons. The number of para-hydroxylation sites is 4. The molecule has 0 fully saturated rings. The van der Waals surface area contributed by atoms with Crippen LogP contribution in [0, 0.1) is 0 Å². The highest BCUT2D eigenvalue weighted by atomic mass is 16.3. The lowest BCUT2D eigenvalue weighted by molar-refractivity contribution is 0.591. The Hall–Kier alpha value is -8.08. The highest BCUT2D eigenvalue weighted by Gasteiger charge is 2.27. The summed E-state index contributed by atoms with van der Waals surface area (Å²) in [5, 5.41) is 11.9. The molecule has 0 bridgehead atoms. The number of fused-ring (bicyclic) bond motifs is 12. The number of aromatic nitrogens is 1. The Morgan fingerprint density at radius 3 is 1.53 bits per heavy atom. The fourth-order valence-corrected chi connectivity index (χ4v) is 10.4. The molecule has 64 heavy (non-hydrogen) atoms. The van der Waals surface area contributed by atoms with Gasteiger partial charge in [-0.05, 0) is 118 Å². The summed E-state index contributed by atoms with van der Waals surface area (Å²) in [4.78, 5) is 4.75. The molecule has 0 aliphatic carbocycles. The van der Waals surface area contributed by atoms with Gasteiger partial charge in [0, 0.05) is 66.5 Å². The van der Waals surface area contributed by atoms with Crippen LogP contribution in [0.1, 0.15) is 26.3 Å². The Morgan fingerprint density at radius 1 is 0.375 bits per heavy atom. The molecule has 13 rings (SSSR count). The first kappa shape index (κ1) is 36.6. The zero-order chi connectivity index (χ0) is 42.7. The van der Waals surface area contributed by atoms with Gasteiger partial charge in [-0.1, -0.05) is 130 Å². The molecular formula is C60H43N3O. The standard InChI is InChI=1S/C60H43N3O/c1-60(2,3)40-28-30-51-49(36-40)58-52(61(41-18-8-4-9-19-41)42-20-10-5-11-21-42)31-29-47-48-32-38-33-50-55(35-39(38)34-53(48)63(51)59(47)58)64-56-37-54(45-26-16-17-27-46(45)57(50)56)62(43-22-12-6-13-23-43)44-24-14-7-15-25-44/h4-37H,1-3H3. The summed E-state index contributed by atoms with van der Waals surface area (Å²) in [6.07, 6.45) is 0. The monoisotopic (exact) mass is 821 g/mol. The van der Waals surface area contributed by atoms with E-state index in [2.05, 4.69) is 241 Å². The van der Waals surface area contributed by atoms with Crippen molar-refractivity contribution in [2.75, 3.05) is 9.80 Å². The number of benzene rings is 10. The van der Waals surface area contributed by atoms with Crippen molar-refractivity contribution in [3.8, 4) is 0 Å². The summed E-state index contributed by atoms with van der Waals surface area (Å²) in [7, 11) is 0. The van der Waals surface area contributed by atoms with E-state index in [0.29, 0.717) is 0 Å². The molecule has 3 heterocycles. The van der Waals surface area contributed by atoms with E-state index in [-0.39, 0.29) is 5.41 Å². The van der Waals surface area contributed by atoms with Crippen LogP contribution in [-0.4, -0.2) is 4.40 Å². The smallest absolute Gasteiger partial charge is 0.138 e. The molecule has 0 N–H and O–H groups in total. The van der Waals surface area contributed by atoms with Crippen molar-refractivity contribution in [1.82, 2.24) is 4.40 Å². The van der Waals surface area contributed by atoms with E-state index < -0.39 is 0 Å². The molecule has 0 aliphatic rings. The Bertz CT molecular complexity index is 3840. The van der Waals surface area contributed by atoms with Crippen molar-refractivity contribution >= 4 is 116 Å². The lowest BCUT2D eigenvalue weighted by Crippen LogP contribution is -2.11. The van der Waals surface area contributed by atoms with Gasteiger partial charge in [0.15, 0.2) is 0 Å². The van der Waals surface area contributed by atoms with Crippen molar-refractivity contribution in [2.45, 2.75) is 26.2 Å². The maximum Gasteiger partial charge on any atom is 0.138 e. The number of nitrogens with zero attached hydrogens (tertiary/aromatic N) is 3. The van der Waals surface area contributed by atoms with Crippen molar-refractivity contribution in [1.29, 1.82) is 0 Å². The Balaban J connectivity index is 1.08. The van der Waals surface area contributed by atoms with Crippen LogP contribution in [0.25, 0.3) is 81.6 Å². The molecule has 0 amide bonds. The van der Waals surface area contributed by atoms with Gasteiger partial charge >= 0.3 is 0 Å². The third-order valence-corrected chi connectivity index (χ3v) is 13.4. The second kappa shape index (κ2) is 13.7. The molecule has 4 nitrogen and oxygen atoms in total. The molecule has 304 valence electrons. The number of hydrogen-bond donors (Lipinski definition) is 0. The minimum absolute atomic E-state index is 0.0113. The van der Waals surface area contributed by atoms with E-state index in [1.165, 1.54) is 59.8 Å². The fraction of sp³-hybridized carbons (Fsp3) is 0.0667. The molecule has 0 aliphatic heterocycles. The summed E-state index contributed by atoms with van der Waals surface area (Å²) in [6.45, 7) is 6.91. The third-order valence-electron chi connectivity index (χ3n) is 13.4. The summed E-state index contributed by atoms with van der Waals surface area (Å²) in [5.74, 6) is 0. The average Bonchev–Trinajstić information content (AvgIpc) is 3.98. The molecule has 0 spiro atoms. The van der Waals surface area contributed by atoms with Crippen LogP contribution in [0.2, 0.25) is 0 Å². The number of hydrogen-bond acceptors (Lipinski definition) is 3. The maximum atomic E-state index is 6.96. The highest BCUT2D eigenvalue weighted by Crippen LogP contribution is 2.50. The Kier molecular flexibility index (Phi) is 7.83. The molecular weight excluding hydrogens is 779 g/mol. The molecule has 0 atom stereocenters. The Morgan fingerprint density at radius 2 is 0.922 bits per heavy atom. The van der Waals surface area contributed by atoms with Crippen molar-refractivity contribution in [3.05, 3.63) is 212 Å². The molecule has 0 saturated heterocycles. The zero-order valence-corrected chi connectivity index (χ0v) is 35.9.